The molecule has 1 amide bonds. The number of aromatic hydroxyl groups is 1. The van der Waals surface area contributed by atoms with Crippen molar-refractivity contribution in [3.63, 3.8) is 0 Å². The smallest absolute Gasteiger partial charge is 0.226 e. The number of amides is 1. The van der Waals surface area contributed by atoms with E-state index in [1.54, 1.807) is 6.20 Å². The van der Waals surface area contributed by atoms with E-state index in [0.717, 1.165) is 68.6 Å². The van der Waals surface area contributed by atoms with E-state index in [1.807, 2.05) is 13.0 Å². The van der Waals surface area contributed by atoms with Gasteiger partial charge in [-0.2, -0.15) is 0 Å². The molecule has 38 heavy (non-hydrogen) atoms. The molecule has 1 aromatic carbocycles. The standard InChI is InChI=1S/C31H41N3O3S/c1-19-17-32-30(38-19)33-28(37)7-5-6-21-16-27(36)31(2)11-10-23-24(29(21)31)9-8-20-15-26(35)22(14-25(20)23)18-34-12-3-4-13-34/h14-15,17,21,23-24,29,35H,3-13,16,18H2,1-2H3,(H,32,33,37)/t21-,23?,24?,29?,31-/m1/s1. The van der Waals surface area contributed by atoms with Crippen LogP contribution in [0.5, 0.6) is 5.75 Å². The minimum atomic E-state index is -0.223. The van der Waals surface area contributed by atoms with E-state index in [1.165, 1.54) is 35.3 Å². The molecule has 1 aliphatic heterocycles. The topological polar surface area (TPSA) is 82.5 Å². The van der Waals surface area contributed by atoms with E-state index < -0.39 is 0 Å². The van der Waals surface area contributed by atoms with Crippen molar-refractivity contribution >= 4 is 28.2 Å². The summed E-state index contributed by atoms with van der Waals surface area (Å²) in [5.41, 5.74) is 3.60. The minimum absolute atomic E-state index is 0.0184. The first-order chi connectivity index (χ1) is 18.3. The van der Waals surface area contributed by atoms with Gasteiger partial charge in [0.25, 0.3) is 0 Å². The number of ketones is 1. The Labute approximate surface area is 230 Å². The average Bonchev–Trinajstić information content (AvgIpc) is 3.60. The van der Waals surface area contributed by atoms with E-state index in [-0.39, 0.29) is 11.3 Å². The fraction of sp³-hybridized carbons (Fsp3) is 0.645. The van der Waals surface area contributed by atoms with Crippen molar-refractivity contribution in [2.24, 2.45) is 23.2 Å². The highest BCUT2D eigenvalue weighted by molar-refractivity contribution is 7.15. The molecule has 204 valence electrons. The predicted octanol–water partition coefficient (Wildman–Crippen LogP) is 6.21. The third-order valence-corrected chi connectivity index (χ3v) is 11.0. The molecule has 1 aromatic heterocycles. The quantitative estimate of drug-likeness (QED) is 0.440. The zero-order chi connectivity index (χ0) is 26.4. The van der Waals surface area contributed by atoms with Crippen molar-refractivity contribution in [2.45, 2.75) is 90.5 Å². The molecule has 6 rings (SSSR count). The first kappa shape index (κ1) is 26.0. The Morgan fingerprint density at radius 3 is 2.84 bits per heavy atom. The van der Waals surface area contributed by atoms with Gasteiger partial charge in [-0.1, -0.05) is 13.0 Å². The number of nitrogens with one attached hydrogen (secondary N) is 1. The Balaban J connectivity index is 1.16. The van der Waals surface area contributed by atoms with Crippen LogP contribution in [0, 0.1) is 30.1 Å². The Hall–Kier alpha value is -2.25. The number of hydrogen-bond acceptors (Lipinski definition) is 6. The monoisotopic (exact) mass is 535 g/mol. The van der Waals surface area contributed by atoms with Crippen LogP contribution in [-0.4, -0.2) is 39.8 Å². The summed E-state index contributed by atoms with van der Waals surface area (Å²) in [5.74, 6) is 2.65. The molecule has 7 heteroatoms. The second kappa shape index (κ2) is 10.4. The van der Waals surface area contributed by atoms with Gasteiger partial charge in [0.15, 0.2) is 5.13 Å². The van der Waals surface area contributed by atoms with Gasteiger partial charge in [0.05, 0.1) is 0 Å². The number of benzene rings is 1. The van der Waals surface area contributed by atoms with Gasteiger partial charge in [-0.15, -0.1) is 11.3 Å². The second-order valence-electron chi connectivity index (χ2n) is 12.6. The lowest BCUT2D eigenvalue weighted by Gasteiger charge is -2.50. The van der Waals surface area contributed by atoms with Gasteiger partial charge >= 0.3 is 0 Å². The van der Waals surface area contributed by atoms with Crippen LogP contribution < -0.4 is 5.32 Å². The van der Waals surface area contributed by atoms with E-state index >= 15 is 0 Å². The number of hydrogen-bond donors (Lipinski definition) is 2. The summed E-state index contributed by atoms with van der Waals surface area (Å²) in [4.78, 5) is 33.7. The maximum absolute atomic E-state index is 13.4. The number of aryl methyl sites for hydroxylation is 2. The Morgan fingerprint density at radius 2 is 2.08 bits per heavy atom. The number of rotatable bonds is 7. The number of Topliss-reactive ketones (excluding diaryl/α,β-unsaturated/α-hetero) is 1. The van der Waals surface area contributed by atoms with E-state index in [4.69, 9.17) is 0 Å². The van der Waals surface area contributed by atoms with Crippen LogP contribution in [0.2, 0.25) is 0 Å². The number of fused-ring (bicyclic) bond motifs is 5. The molecule has 0 spiro atoms. The van der Waals surface area contributed by atoms with Crippen molar-refractivity contribution in [2.75, 3.05) is 18.4 Å². The molecule has 2 heterocycles. The zero-order valence-electron chi connectivity index (χ0n) is 22.8. The Bertz CT molecular complexity index is 1220. The summed E-state index contributed by atoms with van der Waals surface area (Å²) in [7, 11) is 0. The van der Waals surface area contributed by atoms with Gasteiger partial charge in [0, 0.05) is 41.4 Å². The number of thiazole rings is 1. The third kappa shape index (κ3) is 4.81. The molecule has 2 aromatic rings. The number of phenols is 1. The molecule has 6 nitrogen and oxygen atoms in total. The number of aromatic nitrogens is 1. The molecule has 0 bridgehead atoms. The van der Waals surface area contributed by atoms with Gasteiger partial charge in [-0.05, 0) is 112 Å². The van der Waals surface area contributed by atoms with Crippen molar-refractivity contribution in [3.05, 3.63) is 39.9 Å². The van der Waals surface area contributed by atoms with Crippen LogP contribution in [-0.2, 0) is 22.6 Å². The lowest BCUT2D eigenvalue weighted by Crippen LogP contribution is -2.44. The fourth-order valence-corrected chi connectivity index (χ4v) is 9.09. The number of carbonyl (C=O) groups excluding carboxylic acids is 2. The Kier molecular flexibility index (Phi) is 7.10. The van der Waals surface area contributed by atoms with E-state index in [0.29, 0.717) is 53.2 Å². The van der Waals surface area contributed by atoms with Crippen LogP contribution >= 0.6 is 11.3 Å². The van der Waals surface area contributed by atoms with Gasteiger partial charge in [-0.3, -0.25) is 14.5 Å². The highest BCUT2D eigenvalue weighted by Crippen LogP contribution is 2.62. The van der Waals surface area contributed by atoms with Gasteiger partial charge < -0.3 is 10.4 Å². The average molecular weight is 536 g/mol. The highest BCUT2D eigenvalue weighted by atomic mass is 32.1. The predicted molar refractivity (Wildman–Crippen MR) is 150 cm³/mol. The minimum Gasteiger partial charge on any atom is -0.508 e. The molecule has 0 radical (unpaired) electrons. The van der Waals surface area contributed by atoms with Crippen molar-refractivity contribution in [1.29, 1.82) is 0 Å². The number of likely N-dealkylation sites (tertiary alicyclic amines) is 1. The molecular formula is C31H41N3O3S. The SMILES string of the molecule is Cc1cnc(NC(=O)CCC[C@@H]2CC(=O)[C@@]3(C)CCC4c5cc(CN6CCCC6)c(O)cc5CCC4C23)s1. The van der Waals surface area contributed by atoms with Gasteiger partial charge in [0.2, 0.25) is 5.91 Å². The summed E-state index contributed by atoms with van der Waals surface area (Å²) in [5, 5.41) is 14.4. The molecule has 1 saturated heterocycles. The van der Waals surface area contributed by atoms with Crippen LogP contribution in [0.4, 0.5) is 5.13 Å². The van der Waals surface area contributed by atoms with Crippen LogP contribution in [0.3, 0.4) is 0 Å². The third-order valence-electron chi connectivity index (χ3n) is 10.2. The Morgan fingerprint density at radius 1 is 1.26 bits per heavy atom. The van der Waals surface area contributed by atoms with Gasteiger partial charge in [0.1, 0.15) is 11.5 Å². The molecule has 2 N–H and O–H groups in total. The fourth-order valence-electron chi connectivity index (χ4n) is 8.41. The number of anilines is 1. The maximum Gasteiger partial charge on any atom is 0.226 e. The summed E-state index contributed by atoms with van der Waals surface area (Å²) >= 11 is 1.50. The largest absolute Gasteiger partial charge is 0.508 e. The molecule has 5 atom stereocenters. The highest BCUT2D eigenvalue weighted by Gasteiger charge is 2.58. The van der Waals surface area contributed by atoms with E-state index in [2.05, 4.69) is 28.2 Å². The summed E-state index contributed by atoms with van der Waals surface area (Å²) in [6, 6.07) is 4.36. The first-order valence-electron chi connectivity index (χ1n) is 14.6. The normalized spacial score (nSPS) is 30.6. The first-order valence-corrected chi connectivity index (χ1v) is 15.5. The molecule has 4 aliphatic rings. The molecule has 2 saturated carbocycles. The second-order valence-corrected chi connectivity index (χ2v) is 13.8. The van der Waals surface area contributed by atoms with Gasteiger partial charge in [-0.25, -0.2) is 4.98 Å². The van der Waals surface area contributed by atoms with E-state index in [9.17, 15) is 14.7 Å². The molecule has 3 aliphatic carbocycles. The molecule has 3 fully saturated rings. The summed E-state index contributed by atoms with van der Waals surface area (Å²) in [6.07, 6.45) is 11.3. The molecular weight excluding hydrogens is 494 g/mol. The van der Waals surface area contributed by atoms with Crippen LogP contribution in [0.1, 0.15) is 92.2 Å². The zero-order valence-corrected chi connectivity index (χ0v) is 23.6. The van der Waals surface area contributed by atoms with Crippen LogP contribution in [0.15, 0.2) is 18.3 Å². The number of phenolic OH excluding ortho intramolecular Hbond substituents is 1. The summed E-state index contributed by atoms with van der Waals surface area (Å²) < 4.78 is 0. The van der Waals surface area contributed by atoms with Crippen molar-refractivity contribution in [1.82, 2.24) is 9.88 Å². The summed E-state index contributed by atoms with van der Waals surface area (Å²) in [6.45, 7) is 7.29. The van der Waals surface area contributed by atoms with Crippen molar-refractivity contribution in [3.8, 4) is 5.75 Å². The molecule has 3 unspecified atom stereocenters. The lowest BCUT2D eigenvalue weighted by atomic mass is 9.54. The number of nitrogens with zero attached hydrogens (tertiary/aromatic N) is 2. The number of carbonyl (C=O) groups is 2. The maximum atomic E-state index is 13.4. The van der Waals surface area contributed by atoms with Crippen molar-refractivity contribution < 1.29 is 14.7 Å². The lowest BCUT2D eigenvalue weighted by molar-refractivity contribution is -0.129. The van der Waals surface area contributed by atoms with Crippen LogP contribution in [0.25, 0.3) is 0 Å².